The maximum atomic E-state index is 13.5. The first-order chi connectivity index (χ1) is 8.85. The minimum absolute atomic E-state index is 0.0630. The van der Waals surface area contributed by atoms with Crippen molar-refractivity contribution in [2.45, 2.75) is 46.6 Å². The lowest BCUT2D eigenvalue weighted by molar-refractivity contribution is 0.0935. The summed E-state index contributed by atoms with van der Waals surface area (Å²) < 4.78 is 13.5. The van der Waals surface area contributed by atoms with Crippen molar-refractivity contribution in [2.75, 3.05) is 5.73 Å². The van der Waals surface area contributed by atoms with Gasteiger partial charge in [0.15, 0.2) is 0 Å². The summed E-state index contributed by atoms with van der Waals surface area (Å²) in [5, 5.41) is 2.87. The molecule has 0 spiro atoms. The van der Waals surface area contributed by atoms with Crippen LogP contribution in [0.4, 0.5) is 10.1 Å². The highest BCUT2D eigenvalue weighted by atomic mass is 19.1. The maximum Gasteiger partial charge on any atom is 0.251 e. The van der Waals surface area contributed by atoms with Crippen LogP contribution in [0.5, 0.6) is 0 Å². The molecular weight excluding hydrogens is 243 g/mol. The third-order valence-electron chi connectivity index (χ3n) is 3.48. The number of anilines is 1. The zero-order chi connectivity index (χ0) is 14.6. The largest absolute Gasteiger partial charge is 0.398 e. The van der Waals surface area contributed by atoms with Crippen LogP contribution >= 0.6 is 0 Å². The van der Waals surface area contributed by atoms with E-state index in [1.54, 1.807) is 6.92 Å². The van der Waals surface area contributed by atoms with E-state index in [2.05, 4.69) is 19.2 Å². The van der Waals surface area contributed by atoms with E-state index in [1.165, 1.54) is 12.1 Å². The molecular formula is C15H23FN2O. The van der Waals surface area contributed by atoms with Gasteiger partial charge in [-0.25, -0.2) is 4.39 Å². The Hall–Kier alpha value is -1.58. The number of hydrogen-bond donors (Lipinski definition) is 2. The number of halogens is 1. The summed E-state index contributed by atoms with van der Waals surface area (Å²) in [5.41, 5.74) is 6.63. The van der Waals surface area contributed by atoms with Gasteiger partial charge >= 0.3 is 0 Å². The Morgan fingerprint density at radius 1 is 1.42 bits per heavy atom. The predicted molar refractivity (Wildman–Crippen MR) is 76.5 cm³/mol. The molecule has 0 bridgehead atoms. The smallest absolute Gasteiger partial charge is 0.251 e. The third kappa shape index (κ3) is 4.23. The molecule has 0 aliphatic rings. The van der Waals surface area contributed by atoms with Crippen molar-refractivity contribution in [3.63, 3.8) is 0 Å². The second-order valence-corrected chi connectivity index (χ2v) is 5.30. The molecule has 2 atom stereocenters. The van der Waals surface area contributed by atoms with Crippen molar-refractivity contribution in [2.24, 2.45) is 5.92 Å². The highest BCUT2D eigenvalue weighted by Gasteiger charge is 2.14. The SMILES string of the molecule is CCC(C)CC(C)NC(=O)c1cc(N)c(C)c(F)c1. The quantitative estimate of drug-likeness (QED) is 0.804. The molecule has 1 amide bonds. The van der Waals surface area contributed by atoms with Crippen LogP contribution in [0.15, 0.2) is 12.1 Å². The van der Waals surface area contributed by atoms with Crippen molar-refractivity contribution in [1.82, 2.24) is 5.32 Å². The van der Waals surface area contributed by atoms with Crippen LogP contribution in [0.25, 0.3) is 0 Å². The number of amides is 1. The minimum atomic E-state index is -0.445. The number of rotatable bonds is 5. The average molecular weight is 266 g/mol. The number of carbonyl (C=O) groups excluding carboxylic acids is 1. The lowest BCUT2D eigenvalue weighted by Gasteiger charge is -2.18. The molecule has 0 radical (unpaired) electrons. The van der Waals surface area contributed by atoms with E-state index in [-0.39, 0.29) is 17.5 Å². The Morgan fingerprint density at radius 3 is 2.58 bits per heavy atom. The van der Waals surface area contributed by atoms with Crippen molar-refractivity contribution < 1.29 is 9.18 Å². The normalized spacial score (nSPS) is 13.9. The molecule has 0 saturated carbocycles. The van der Waals surface area contributed by atoms with Crippen molar-refractivity contribution >= 4 is 11.6 Å². The Bertz CT molecular complexity index is 436. The first kappa shape index (κ1) is 15.5. The molecule has 2 unspecified atom stereocenters. The van der Waals surface area contributed by atoms with Gasteiger partial charge in [0.25, 0.3) is 5.91 Å². The van der Waals surface area contributed by atoms with E-state index in [1.807, 2.05) is 6.92 Å². The monoisotopic (exact) mass is 266 g/mol. The van der Waals surface area contributed by atoms with E-state index in [9.17, 15) is 9.18 Å². The van der Waals surface area contributed by atoms with Crippen molar-refractivity contribution in [3.8, 4) is 0 Å². The van der Waals surface area contributed by atoms with Crippen LogP contribution in [0, 0.1) is 18.7 Å². The fourth-order valence-corrected chi connectivity index (χ4v) is 1.97. The van der Waals surface area contributed by atoms with Crippen LogP contribution < -0.4 is 11.1 Å². The lowest BCUT2D eigenvalue weighted by Crippen LogP contribution is -2.33. The summed E-state index contributed by atoms with van der Waals surface area (Å²) in [6.45, 7) is 7.82. The molecule has 0 aliphatic heterocycles. The van der Waals surface area contributed by atoms with Crippen LogP contribution in [-0.4, -0.2) is 11.9 Å². The van der Waals surface area contributed by atoms with Crippen LogP contribution in [0.3, 0.4) is 0 Å². The molecule has 19 heavy (non-hydrogen) atoms. The zero-order valence-corrected chi connectivity index (χ0v) is 12.1. The summed E-state index contributed by atoms with van der Waals surface area (Å²) >= 11 is 0. The summed E-state index contributed by atoms with van der Waals surface area (Å²) in [6.07, 6.45) is 1.98. The standard InChI is InChI=1S/C15H23FN2O/c1-5-9(2)6-10(3)18-15(19)12-7-13(16)11(4)14(17)8-12/h7-10H,5-6,17H2,1-4H3,(H,18,19). The third-order valence-corrected chi connectivity index (χ3v) is 3.48. The van der Waals surface area contributed by atoms with Gasteiger partial charge < -0.3 is 11.1 Å². The number of nitrogen functional groups attached to an aromatic ring is 1. The maximum absolute atomic E-state index is 13.5. The Balaban J connectivity index is 2.73. The molecule has 3 N–H and O–H groups in total. The fourth-order valence-electron chi connectivity index (χ4n) is 1.97. The first-order valence-electron chi connectivity index (χ1n) is 6.71. The number of hydrogen-bond acceptors (Lipinski definition) is 2. The van der Waals surface area contributed by atoms with Crippen LogP contribution in [0.1, 0.15) is 49.5 Å². The average Bonchev–Trinajstić information content (AvgIpc) is 2.34. The zero-order valence-electron chi connectivity index (χ0n) is 12.1. The van der Waals surface area contributed by atoms with E-state index >= 15 is 0 Å². The lowest BCUT2D eigenvalue weighted by atomic mass is 10.00. The van der Waals surface area contributed by atoms with Crippen LogP contribution in [0.2, 0.25) is 0 Å². The second kappa shape index (κ2) is 6.55. The Labute approximate surface area is 114 Å². The molecule has 3 nitrogen and oxygen atoms in total. The number of nitrogens with two attached hydrogens (primary N) is 1. The highest BCUT2D eigenvalue weighted by Crippen LogP contribution is 2.18. The van der Waals surface area contributed by atoms with E-state index < -0.39 is 5.82 Å². The predicted octanol–water partition coefficient (Wildman–Crippen LogP) is 3.27. The van der Waals surface area contributed by atoms with Gasteiger partial charge in [0.2, 0.25) is 0 Å². The highest BCUT2D eigenvalue weighted by molar-refractivity contribution is 5.95. The van der Waals surface area contributed by atoms with Gasteiger partial charge in [-0.05, 0) is 38.3 Å². The molecule has 4 heteroatoms. The van der Waals surface area contributed by atoms with E-state index in [0.29, 0.717) is 17.2 Å². The summed E-state index contributed by atoms with van der Waals surface area (Å²) in [6, 6.07) is 2.81. The van der Waals surface area contributed by atoms with Gasteiger partial charge in [0, 0.05) is 22.9 Å². The Morgan fingerprint density at radius 2 is 2.05 bits per heavy atom. The minimum Gasteiger partial charge on any atom is -0.398 e. The van der Waals surface area contributed by atoms with Gasteiger partial charge in [-0.2, -0.15) is 0 Å². The number of nitrogens with one attached hydrogen (secondary N) is 1. The Kier molecular flexibility index (Phi) is 5.33. The molecule has 106 valence electrons. The van der Waals surface area contributed by atoms with Gasteiger partial charge in [-0.3, -0.25) is 4.79 Å². The summed E-state index contributed by atoms with van der Waals surface area (Å²) in [4.78, 5) is 12.0. The van der Waals surface area contributed by atoms with Gasteiger partial charge in [-0.1, -0.05) is 20.3 Å². The molecule has 1 rings (SSSR count). The summed E-state index contributed by atoms with van der Waals surface area (Å²) in [7, 11) is 0. The van der Waals surface area contributed by atoms with Crippen molar-refractivity contribution in [1.29, 1.82) is 0 Å². The fraction of sp³-hybridized carbons (Fsp3) is 0.533. The van der Waals surface area contributed by atoms with Crippen LogP contribution in [-0.2, 0) is 0 Å². The summed E-state index contributed by atoms with van der Waals surface area (Å²) in [5.74, 6) is -0.170. The molecule has 0 saturated heterocycles. The van der Waals surface area contributed by atoms with E-state index in [4.69, 9.17) is 5.73 Å². The molecule has 0 heterocycles. The van der Waals surface area contributed by atoms with E-state index in [0.717, 1.165) is 12.8 Å². The molecule has 0 aliphatic carbocycles. The number of carbonyl (C=O) groups is 1. The number of benzene rings is 1. The molecule has 0 aromatic heterocycles. The topological polar surface area (TPSA) is 55.1 Å². The van der Waals surface area contributed by atoms with Gasteiger partial charge in [0.1, 0.15) is 5.82 Å². The van der Waals surface area contributed by atoms with Crippen molar-refractivity contribution in [3.05, 3.63) is 29.1 Å². The molecule has 0 fully saturated rings. The molecule has 1 aromatic rings. The second-order valence-electron chi connectivity index (χ2n) is 5.30. The van der Waals surface area contributed by atoms with Gasteiger partial charge in [-0.15, -0.1) is 0 Å². The first-order valence-corrected chi connectivity index (χ1v) is 6.71. The molecule has 1 aromatic carbocycles. The van der Waals surface area contributed by atoms with Gasteiger partial charge in [0.05, 0.1) is 0 Å².